The van der Waals surface area contributed by atoms with Crippen LogP contribution in [0.5, 0.6) is 0 Å². The third-order valence-electron chi connectivity index (χ3n) is 2.98. The molecule has 1 aliphatic heterocycles. The van der Waals surface area contributed by atoms with Crippen molar-refractivity contribution in [2.45, 2.75) is 6.54 Å². The first-order valence-corrected chi connectivity index (χ1v) is 6.46. The molecule has 0 atom stereocenters. The molecule has 2 rings (SSSR count). The Morgan fingerprint density at radius 3 is 3.11 bits per heavy atom. The van der Waals surface area contributed by atoms with E-state index in [1.807, 2.05) is 23.2 Å². The lowest BCUT2D eigenvalue weighted by molar-refractivity contribution is -0.120. The molecule has 0 spiro atoms. The van der Waals surface area contributed by atoms with Crippen LogP contribution in [0.3, 0.4) is 0 Å². The third kappa shape index (κ3) is 4.18. The van der Waals surface area contributed by atoms with Crippen LogP contribution in [0.4, 0.5) is 5.82 Å². The summed E-state index contributed by atoms with van der Waals surface area (Å²) in [5, 5.41) is 6.07. The van der Waals surface area contributed by atoms with Gasteiger partial charge in [0.2, 0.25) is 5.91 Å². The lowest BCUT2D eigenvalue weighted by atomic mass is 10.2. The Morgan fingerprint density at radius 1 is 1.53 bits per heavy atom. The molecular weight excluding hydrogens is 244 g/mol. The number of ether oxygens (including phenoxy) is 1. The highest BCUT2D eigenvalue weighted by Crippen LogP contribution is 2.12. The number of piperazine rings is 1. The van der Waals surface area contributed by atoms with Crippen molar-refractivity contribution in [2.75, 3.05) is 44.8 Å². The van der Waals surface area contributed by atoms with Crippen molar-refractivity contribution in [3.8, 4) is 0 Å². The average Bonchev–Trinajstić information content (AvgIpc) is 2.44. The molecule has 6 heteroatoms. The van der Waals surface area contributed by atoms with Crippen LogP contribution in [0.1, 0.15) is 5.56 Å². The van der Waals surface area contributed by atoms with E-state index in [4.69, 9.17) is 4.74 Å². The van der Waals surface area contributed by atoms with E-state index in [-0.39, 0.29) is 5.91 Å². The van der Waals surface area contributed by atoms with E-state index < -0.39 is 0 Å². The first-order valence-electron chi connectivity index (χ1n) is 6.46. The summed E-state index contributed by atoms with van der Waals surface area (Å²) in [6.07, 6.45) is 1.85. The van der Waals surface area contributed by atoms with E-state index >= 15 is 0 Å². The highest BCUT2D eigenvalue weighted by atomic mass is 16.5. The van der Waals surface area contributed by atoms with Gasteiger partial charge in [0.25, 0.3) is 0 Å². The van der Waals surface area contributed by atoms with E-state index in [2.05, 4.69) is 15.6 Å². The normalized spacial score (nSPS) is 15.4. The summed E-state index contributed by atoms with van der Waals surface area (Å²) in [6.45, 7) is 4.18. The van der Waals surface area contributed by atoms with Crippen molar-refractivity contribution < 1.29 is 9.53 Å². The molecular formula is C13H20N4O2. The first-order chi connectivity index (χ1) is 9.29. The number of amides is 1. The second-order valence-electron chi connectivity index (χ2n) is 4.47. The van der Waals surface area contributed by atoms with Gasteiger partial charge in [-0.1, -0.05) is 6.07 Å². The van der Waals surface area contributed by atoms with Crippen molar-refractivity contribution in [3.05, 3.63) is 23.9 Å². The third-order valence-corrected chi connectivity index (χ3v) is 2.98. The molecule has 1 aromatic rings. The lowest BCUT2D eigenvalue weighted by Gasteiger charge is -2.27. The van der Waals surface area contributed by atoms with Crippen LogP contribution >= 0.6 is 0 Å². The zero-order valence-electron chi connectivity index (χ0n) is 11.2. The summed E-state index contributed by atoms with van der Waals surface area (Å²) in [7, 11) is 1.69. The number of nitrogens with zero attached hydrogens (tertiary/aromatic N) is 2. The van der Waals surface area contributed by atoms with Gasteiger partial charge in [-0.05, 0) is 11.6 Å². The quantitative estimate of drug-likeness (QED) is 0.694. The monoisotopic (exact) mass is 264 g/mol. The van der Waals surface area contributed by atoms with Gasteiger partial charge in [-0.2, -0.15) is 0 Å². The molecule has 2 N–H and O–H groups in total. The van der Waals surface area contributed by atoms with Gasteiger partial charge in [0.05, 0.1) is 13.2 Å². The van der Waals surface area contributed by atoms with Crippen molar-refractivity contribution in [3.63, 3.8) is 0 Å². The maximum absolute atomic E-state index is 11.3. The molecule has 0 unspecified atom stereocenters. The standard InChI is InChI=1S/C13H20N4O2/c1-19-7-5-14-8-11-2-3-12(16-9-11)17-6-4-15-13(18)10-17/h2-3,9,14H,4-8,10H2,1H3,(H,15,18). The number of anilines is 1. The van der Waals surface area contributed by atoms with Gasteiger partial charge in [-0.3, -0.25) is 4.79 Å². The summed E-state index contributed by atoms with van der Waals surface area (Å²) >= 11 is 0. The van der Waals surface area contributed by atoms with Gasteiger partial charge in [0.15, 0.2) is 0 Å². The highest BCUT2D eigenvalue weighted by Gasteiger charge is 2.16. The van der Waals surface area contributed by atoms with Gasteiger partial charge in [0.1, 0.15) is 5.82 Å². The molecule has 0 saturated carbocycles. The summed E-state index contributed by atoms with van der Waals surface area (Å²) in [5.41, 5.74) is 1.13. The second-order valence-corrected chi connectivity index (χ2v) is 4.47. The van der Waals surface area contributed by atoms with Crippen LogP contribution in [-0.4, -0.2) is 50.8 Å². The molecule has 1 saturated heterocycles. The largest absolute Gasteiger partial charge is 0.383 e. The van der Waals surface area contributed by atoms with Gasteiger partial charge in [-0.15, -0.1) is 0 Å². The summed E-state index contributed by atoms with van der Waals surface area (Å²) in [4.78, 5) is 17.7. The zero-order valence-corrected chi connectivity index (χ0v) is 11.2. The van der Waals surface area contributed by atoms with Gasteiger partial charge in [-0.25, -0.2) is 4.98 Å². The molecule has 0 aromatic carbocycles. The maximum atomic E-state index is 11.3. The Labute approximate surface area is 113 Å². The van der Waals surface area contributed by atoms with Crippen molar-refractivity contribution in [1.82, 2.24) is 15.6 Å². The summed E-state index contributed by atoms with van der Waals surface area (Å²) in [5.74, 6) is 0.911. The van der Waals surface area contributed by atoms with Crippen LogP contribution in [0.25, 0.3) is 0 Å². The Morgan fingerprint density at radius 2 is 2.42 bits per heavy atom. The molecule has 2 heterocycles. The summed E-state index contributed by atoms with van der Waals surface area (Å²) < 4.78 is 4.97. The molecule has 1 fully saturated rings. The van der Waals surface area contributed by atoms with E-state index in [0.717, 1.165) is 31.0 Å². The fourth-order valence-corrected chi connectivity index (χ4v) is 1.95. The molecule has 0 radical (unpaired) electrons. The Balaban J connectivity index is 1.85. The number of carbonyl (C=O) groups excluding carboxylic acids is 1. The van der Waals surface area contributed by atoms with Crippen molar-refractivity contribution >= 4 is 11.7 Å². The van der Waals surface area contributed by atoms with Crippen molar-refractivity contribution in [1.29, 1.82) is 0 Å². The fraction of sp³-hybridized carbons (Fsp3) is 0.538. The van der Waals surface area contributed by atoms with E-state index in [1.54, 1.807) is 7.11 Å². The SMILES string of the molecule is COCCNCc1ccc(N2CCNC(=O)C2)nc1. The maximum Gasteiger partial charge on any atom is 0.239 e. The van der Waals surface area contributed by atoms with Crippen LogP contribution in [0, 0.1) is 0 Å². The van der Waals surface area contributed by atoms with Gasteiger partial charge >= 0.3 is 0 Å². The van der Waals surface area contributed by atoms with Crippen LogP contribution in [0.2, 0.25) is 0 Å². The topological polar surface area (TPSA) is 66.5 Å². The molecule has 6 nitrogen and oxygen atoms in total. The van der Waals surface area contributed by atoms with Gasteiger partial charge in [0, 0.05) is 39.5 Å². The number of aromatic nitrogens is 1. The number of pyridine rings is 1. The van der Waals surface area contributed by atoms with E-state index in [0.29, 0.717) is 19.7 Å². The summed E-state index contributed by atoms with van der Waals surface area (Å²) in [6, 6.07) is 4.00. The fourth-order valence-electron chi connectivity index (χ4n) is 1.95. The Bertz CT molecular complexity index is 408. The van der Waals surface area contributed by atoms with Crippen LogP contribution < -0.4 is 15.5 Å². The Kier molecular flexibility index (Phi) is 5.11. The number of hydrogen-bond donors (Lipinski definition) is 2. The highest BCUT2D eigenvalue weighted by molar-refractivity contribution is 5.82. The van der Waals surface area contributed by atoms with Crippen LogP contribution in [-0.2, 0) is 16.1 Å². The predicted octanol–water partition coefficient (Wildman–Crippen LogP) is -0.246. The number of carbonyl (C=O) groups is 1. The average molecular weight is 264 g/mol. The van der Waals surface area contributed by atoms with Crippen molar-refractivity contribution in [2.24, 2.45) is 0 Å². The van der Waals surface area contributed by atoms with E-state index in [1.165, 1.54) is 0 Å². The molecule has 0 aliphatic carbocycles. The molecule has 104 valence electrons. The Hall–Kier alpha value is -1.66. The van der Waals surface area contributed by atoms with Crippen LogP contribution in [0.15, 0.2) is 18.3 Å². The lowest BCUT2D eigenvalue weighted by Crippen LogP contribution is -2.48. The second kappa shape index (κ2) is 7.06. The van der Waals surface area contributed by atoms with E-state index in [9.17, 15) is 4.79 Å². The minimum Gasteiger partial charge on any atom is -0.383 e. The molecule has 19 heavy (non-hydrogen) atoms. The predicted molar refractivity (Wildman–Crippen MR) is 73.0 cm³/mol. The number of hydrogen-bond acceptors (Lipinski definition) is 5. The number of rotatable bonds is 6. The zero-order chi connectivity index (χ0) is 13.5. The minimum absolute atomic E-state index is 0.0540. The molecule has 1 amide bonds. The molecule has 1 aromatic heterocycles. The molecule has 1 aliphatic rings. The molecule has 0 bridgehead atoms. The first kappa shape index (κ1) is 13.8. The van der Waals surface area contributed by atoms with Gasteiger partial charge < -0.3 is 20.3 Å². The number of methoxy groups -OCH3 is 1. The number of nitrogens with one attached hydrogen (secondary N) is 2. The minimum atomic E-state index is 0.0540. The smallest absolute Gasteiger partial charge is 0.239 e.